The van der Waals surface area contributed by atoms with Gasteiger partial charge in [0.05, 0.1) is 0 Å². The van der Waals surface area contributed by atoms with Crippen molar-refractivity contribution in [2.75, 3.05) is 5.32 Å². The average molecular weight is 308 g/mol. The number of hydrogen-bond acceptors (Lipinski definition) is 4. The zero-order valence-electron chi connectivity index (χ0n) is 12.3. The lowest BCUT2D eigenvalue weighted by atomic mass is 10.1. The highest BCUT2D eigenvalue weighted by molar-refractivity contribution is 5.76. The minimum Gasteiger partial charge on any atom is -0.359 e. The number of nitrogens with one attached hydrogen (secondary N) is 1. The summed E-state index contributed by atoms with van der Waals surface area (Å²) < 4.78 is 15.8. The highest BCUT2D eigenvalue weighted by Gasteiger charge is 2.28. The van der Waals surface area contributed by atoms with Crippen LogP contribution in [0.2, 0.25) is 0 Å². The van der Waals surface area contributed by atoms with Crippen molar-refractivity contribution in [2.45, 2.75) is 13.1 Å². The molecule has 0 fully saturated rings. The molecule has 0 spiro atoms. The Kier molecular flexibility index (Phi) is 2.97. The molecule has 0 radical (unpaired) electrons. The summed E-state index contributed by atoms with van der Waals surface area (Å²) in [6.45, 7) is 1.60. The number of rotatable bonds is 1. The third-order valence-corrected chi connectivity index (χ3v) is 3.90. The minimum absolute atomic E-state index is 0.274. The van der Waals surface area contributed by atoms with Gasteiger partial charge in [0, 0.05) is 16.8 Å². The fraction of sp³-hybridized carbons (Fsp3) is 0.118. The van der Waals surface area contributed by atoms with E-state index in [0.29, 0.717) is 11.4 Å². The molecular weight excluding hydrogens is 295 g/mol. The molecule has 1 atom stereocenters. The summed E-state index contributed by atoms with van der Waals surface area (Å²) in [5.74, 6) is 0.0942. The van der Waals surface area contributed by atoms with E-state index in [4.69, 9.17) is 0 Å². The van der Waals surface area contributed by atoms with Crippen molar-refractivity contribution >= 4 is 5.69 Å². The topological polar surface area (TPSA) is 59.8 Å². The van der Waals surface area contributed by atoms with Crippen LogP contribution in [0.15, 0.2) is 53.3 Å². The van der Waals surface area contributed by atoms with Crippen molar-refractivity contribution in [1.29, 1.82) is 0 Å². The van der Waals surface area contributed by atoms with Crippen molar-refractivity contribution in [3.8, 4) is 11.4 Å². The normalized spacial score (nSPS) is 15.5. The Labute approximate surface area is 131 Å². The first-order valence-electron chi connectivity index (χ1n) is 7.23. The Morgan fingerprint density at radius 2 is 1.87 bits per heavy atom. The first-order chi connectivity index (χ1) is 11.1. The Morgan fingerprint density at radius 1 is 1.13 bits per heavy atom. The number of benzene rings is 2. The molecule has 1 N–H and O–H groups in total. The summed E-state index contributed by atoms with van der Waals surface area (Å²) >= 11 is 0. The Balaban J connectivity index is 2.01. The van der Waals surface area contributed by atoms with Gasteiger partial charge in [0.1, 0.15) is 11.5 Å². The van der Waals surface area contributed by atoms with Crippen LogP contribution in [0.25, 0.3) is 11.4 Å². The summed E-state index contributed by atoms with van der Waals surface area (Å²) in [6.07, 6.45) is -0.562. The predicted octanol–water partition coefficient (Wildman–Crippen LogP) is 2.73. The molecule has 0 saturated heterocycles. The van der Waals surface area contributed by atoms with Gasteiger partial charge in [-0.2, -0.15) is 10.1 Å². The van der Waals surface area contributed by atoms with Crippen LogP contribution in [0.5, 0.6) is 0 Å². The maximum absolute atomic E-state index is 14.3. The lowest BCUT2D eigenvalue weighted by Gasteiger charge is -2.30. The summed E-state index contributed by atoms with van der Waals surface area (Å²) in [5.41, 5.74) is 1.90. The van der Waals surface area contributed by atoms with Gasteiger partial charge >= 0.3 is 0 Å². The predicted molar refractivity (Wildman–Crippen MR) is 84.6 cm³/mol. The molecule has 3 aromatic rings. The molecule has 6 heteroatoms. The van der Waals surface area contributed by atoms with Crippen LogP contribution in [-0.4, -0.2) is 14.8 Å². The molecule has 1 aliphatic rings. The molecule has 0 bridgehead atoms. The molecule has 0 amide bonds. The Bertz CT molecular complexity index is 967. The molecule has 1 aromatic heterocycles. The van der Waals surface area contributed by atoms with Gasteiger partial charge in [-0.1, -0.05) is 30.3 Å². The summed E-state index contributed by atoms with van der Waals surface area (Å²) in [6, 6.07) is 14.0. The van der Waals surface area contributed by atoms with Crippen LogP contribution in [0.1, 0.15) is 17.4 Å². The number of halogens is 1. The maximum Gasteiger partial charge on any atom is 0.294 e. The zero-order chi connectivity index (χ0) is 16.0. The van der Waals surface area contributed by atoms with Crippen molar-refractivity contribution in [3.63, 3.8) is 0 Å². The van der Waals surface area contributed by atoms with E-state index in [1.165, 1.54) is 6.07 Å². The number of hydrogen-bond donors (Lipinski definition) is 1. The van der Waals surface area contributed by atoms with E-state index in [0.717, 1.165) is 11.3 Å². The number of anilines is 1. The fourth-order valence-corrected chi connectivity index (χ4v) is 2.76. The monoisotopic (exact) mass is 308 g/mol. The molecular formula is C17H13FN4O. The van der Waals surface area contributed by atoms with E-state index in [1.54, 1.807) is 29.8 Å². The van der Waals surface area contributed by atoms with E-state index in [9.17, 15) is 9.18 Å². The zero-order valence-corrected chi connectivity index (χ0v) is 12.3. The van der Waals surface area contributed by atoms with Gasteiger partial charge in [-0.25, -0.2) is 9.07 Å². The van der Waals surface area contributed by atoms with Gasteiger partial charge in [-0.3, -0.25) is 4.79 Å². The van der Waals surface area contributed by atoms with Gasteiger partial charge in [0.25, 0.3) is 5.56 Å². The second kappa shape index (κ2) is 5.01. The smallest absolute Gasteiger partial charge is 0.294 e. The Hall–Kier alpha value is -3.02. The quantitative estimate of drug-likeness (QED) is 0.751. The van der Waals surface area contributed by atoms with Gasteiger partial charge in [-0.15, -0.1) is 0 Å². The standard InChI is InChI=1S/C17H13FN4O/c1-10-17(23)20-16-12-7-3-5-9-14(12)19-15(22(16)21-10)11-6-2-4-8-13(11)18/h2-9,15,19H,1H3/t15-/m0/s1. The molecule has 2 aromatic carbocycles. The molecule has 5 nitrogen and oxygen atoms in total. The first-order valence-corrected chi connectivity index (χ1v) is 7.23. The Morgan fingerprint density at radius 3 is 2.70 bits per heavy atom. The second-order valence-electron chi connectivity index (χ2n) is 5.38. The van der Waals surface area contributed by atoms with Crippen LogP contribution in [0, 0.1) is 12.7 Å². The van der Waals surface area contributed by atoms with E-state index >= 15 is 0 Å². The largest absolute Gasteiger partial charge is 0.359 e. The summed E-state index contributed by atoms with van der Waals surface area (Å²) in [4.78, 5) is 16.1. The van der Waals surface area contributed by atoms with Gasteiger partial charge in [0.15, 0.2) is 12.0 Å². The van der Waals surface area contributed by atoms with Gasteiger partial charge in [-0.05, 0) is 25.1 Å². The molecule has 2 heterocycles. The van der Waals surface area contributed by atoms with Crippen LogP contribution >= 0.6 is 0 Å². The average Bonchev–Trinajstić information content (AvgIpc) is 2.56. The molecule has 114 valence electrons. The third-order valence-electron chi connectivity index (χ3n) is 3.90. The molecule has 4 rings (SSSR count). The van der Waals surface area contributed by atoms with E-state index < -0.39 is 6.17 Å². The number of aromatic nitrogens is 3. The van der Waals surface area contributed by atoms with Crippen molar-refractivity contribution in [2.24, 2.45) is 0 Å². The first kappa shape index (κ1) is 13.6. The molecule has 0 saturated carbocycles. The van der Waals surface area contributed by atoms with E-state index in [-0.39, 0.29) is 17.1 Å². The van der Waals surface area contributed by atoms with Gasteiger partial charge in [0.2, 0.25) is 0 Å². The molecule has 1 aliphatic heterocycles. The highest BCUT2D eigenvalue weighted by Crippen LogP contribution is 2.36. The van der Waals surface area contributed by atoms with Crippen LogP contribution in [-0.2, 0) is 0 Å². The third kappa shape index (κ3) is 2.11. The van der Waals surface area contributed by atoms with Crippen LogP contribution < -0.4 is 10.9 Å². The lowest BCUT2D eigenvalue weighted by Crippen LogP contribution is -2.32. The highest BCUT2D eigenvalue weighted by atomic mass is 19.1. The lowest BCUT2D eigenvalue weighted by molar-refractivity contribution is 0.507. The minimum atomic E-state index is -0.562. The number of para-hydroxylation sites is 1. The van der Waals surface area contributed by atoms with Crippen molar-refractivity contribution in [1.82, 2.24) is 14.8 Å². The SMILES string of the molecule is Cc1nn2c(nc1=O)-c1ccccc1N[C@@H]2c1ccccc1F. The maximum atomic E-state index is 14.3. The number of aryl methyl sites for hydroxylation is 1. The number of fused-ring (bicyclic) bond motifs is 3. The van der Waals surface area contributed by atoms with E-state index in [2.05, 4.69) is 15.4 Å². The van der Waals surface area contributed by atoms with Crippen molar-refractivity contribution in [3.05, 3.63) is 76.0 Å². The summed E-state index contributed by atoms with van der Waals surface area (Å²) in [7, 11) is 0. The fourth-order valence-electron chi connectivity index (χ4n) is 2.76. The van der Waals surface area contributed by atoms with Crippen molar-refractivity contribution < 1.29 is 4.39 Å². The molecule has 0 unspecified atom stereocenters. The summed E-state index contributed by atoms with van der Waals surface area (Å²) in [5, 5.41) is 7.60. The van der Waals surface area contributed by atoms with Crippen LogP contribution in [0.3, 0.4) is 0 Å². The number of nitrogens with zero attached hydrogens (tertiary/aromatic N) is 3. The molecule has 0 aliphatic carbocycles. The van der Waals surface area contributed by atoms with Crippen LogP contribution in [0.4, 0.5) is 10.1 Å². The second-order valence-corrected chi connectivity index (χ2v) is 5.38. The van der Waals surface area contributed by atoms with E-state index in [1.807, 2.05) is 24.3 Å². The van der Waals surface area contributed by atoms with Gasteiger partial charge < -0.3 is 5.32 Å². The molecule has 23 heavy (non-hydrogen) atoms.